The van der Waals surface area contributed by atoms with Crippen LogP contribution in [0.25, 0.3) is 5.57 Å². The van der Waals surface area contributed by atoms with Gasteiger partial charge in [-0.25, -0.2) is 87.8 Å². The predicted molar refractivity (Wildman–Crippen MR) is 196 cm³/mol. The molecule has 1 heterocycles. The van der Waals surface area contributed by atoms with Crippen molar-refractivity contribution in [3.05, 3.63) is 201 Å². The van der Waals surface area contributed by atoms with Gasteiger partial charge in [0.05, 0.1) is 5.41 Å². The van der Waals surface area contributed by atoms with E-state index in [0.29, 0.717) is 0 Å². The van der Waals surface area contributed by atoms with Crippen LogP contribution >= 0.6 is 0 Å². The van der Waals surface area contributed by atoms with E-state index >= 15 is 35.1 Å². The van der Waals surface area contributed by atoms with Gasteiger partial charge < -0.3 is 0 Å². The number of rotatable bonds is 7. The Morgan fingerprint density at radius 3 is 0.939 bits per heavy atom. The molecule has 0 saturated carbocycles. The van der Waals surface area contributed by atoms with Crippen molar-refractivity contribution in [2.45, 2.75) is 26.2 Å². The van der Waals surface area contributed by atoms with E-state index in [1.807, 2.05) is 0 Å². The molecule has 7 rings (SSSR count). The standard InChI is InChI=1S/C24BF20.C20H20I/c26-5-1(6(27)14(35)21(42)13(5)34)25(2-7(28)15(36)22(43)16(37)8(2)29,3-9(30)17(38)23(44)18(39)10(3)31)4-11(32)19(40)24(45)20(41)12(4)33;1-15-9-7-8-12-17(15)18-13-14-21-19(18)20(2,3)16-10-5-4-6-11-16/h;4-14H,1-3H3/q-1;+1. The van der Waals surface area contributed by atoms with E-state index in [2.05, 4.69) is 85.5 Å². The SMILES string of the molecule is Cc1ccccc1C1=C(C(C)(C)c2ccccc2)[I+]C=C1.Fc1c(F)c(F)c([B-](c2c(F)c(F)c(F)c(F)c2F)(c2c(F)c(F)c(F)c(F)c2F)c2c(F)c(F)c(F)c(F)c2F)c(F)c1F. The molecule has 0 N–H and O–H groups in total. The number of halogens is 21. The highest BCUT2D eigenvalue weighted by Gasteiger charge is 2.52. The first-order valence-electron chi connectivity index (χ1n) is 18.2. The molecular formula is C44H20BF20I. The first-order valence-corrected chi connectivity index (χ1v) is 20.5. The van der Waals surface area contributed by atoms with E-state index < -0.39 is 144 Å². The summed E-state index contributed by atoms with van der Waals surface area (Å²) in [7, 11) is 0. The summed E-state index contributed by atoms with van der Waals surface area (Å²) in [5.41, 5.74) is -8.60. The van der Waals surface area contributed by atoms with Gasteiger partial charge in [-0.05, 0) is 43.5 Å². The van der Waals surface area contributed by atoms with Crippen molar-refractivity contribution in [3.8, 4) is 0 Å². The van der Waals surface area contributed by atoms with Crippen LogP contribution in [0.4, 0.5) is 87.8 Å². The molecule has 1 aliphatic rings. The smallest absolute Gasteiger partial charge is 0.207 e. The second-order valence-electron chi connectivity index (χ2n) is 14.7. The fourth-order valence-electron chi connectivity index (χ4n) is 7.70. The molecule has 22 heteroatoms. The zero-order valence-electron chi connectivity index (χ0n) is 32.9. The molecule has 0 radical (unpaired) electrons. The zero-order valence-corrected chi connectivity index (χ0v) is 35.0. The van der Waals surface area contributed by atoms with E-state index in [4.69, 9.17) is 0 Å². The van der Waals surface area contributed by atoms with Gasteiger partial charge in [0, 0.05) is 5.57 Å². The third-order valence-electron chi connectivity index (χ3n) is 10.8. The van der Waals surface area contributed by atoms with E-state index in [9.17, 15) is 52.7 Å². The Labute approximate surface area is 369 Å². The van der Waals surface area contributed by atoms with Crippen LogP contribution in [0.15, 0.2) is 68.3 Å². The van der Waals surface area contributed by atoms with Gasteiger partial charge in [0.2, 0.25) is 0 Å². The van der Waals surface area contributed by atoms with Crippen LogP contribution in [-0.2, 0) is 5.41 Å². The Morgan fingerprint density at radius 1 is 0.364 bits per heavy atom. The van der Waals surface area contributed by atoms with Crippen LogP contribution in [0.3, 0.4) is 0 Å². The second kappa shape index (κ2) is 18.1. The van der Waals surface area contributed by atoms with Gasteiger partial charge in [-0.1, -0.05) is 54.6 Å². The van der Waals surface area contributed by atoms with Crippen LogP contribution in [0.1, 0.15) is 30.5 Å². The van der Waals surface area contributed by atoms with E-state index in [-0.39, 0.29) is 26.6 Å². The fourth-order valence-corrected chi connectivity index (χ4v) is 10.5. The first-order chi connectivity index (χ1) is 30.8. The Hall–Kier alpha value is -5.81. The maximum Gasteiger partial charge on any atom is 0.346 e. The molecule has 0 amide bonds. The molecule has 6 aromatic carbocycles. The normalized spacial score (nSPS) is 12.9. The molecule has 0 unspecified atom stereocenters. The summed E-state index contributed by atoms with van der Waals surface area (Å²) in [4.78, 5) is 0. The van der Waals surface area contributed by atoms with Crippen molar-refractivity contribution in [1.29, 1.82) is 0 Å². The maximum atomic E-state index is 15.4. The topological polar surface area (TPSA) is 0 Å². The van der Waals surface area contributed by atoms with Crippen molar-refractivity contribution in [2.75, 3.05) is 0 Å². The number of hydrogen-bond donors (Lipinski definition) is 0. The molecular weight excluding hydrogens is 1050 g/mol. The Bertz CT molecular complexity index is 2660. The van der Waals surface area contributed by atoms with Gasteiger partial charge in [-0.15, -0.1) is 21.9 Å². The maximum absolute atomic E-state index is 15.4. The number of hydrogen-bond acceptors (Lipinski definition) is 0. The predicted octanol–water partition coefficient (Wildman–Crippen LogP) is 8.15. The Balaban J connectivity index is 0.000000284. The molecule has 66 heavy (non-hydrogen) atoms. The summed E-state index contributed by atoms with van der Waals surface area (Å²) in [6.45, 7) is 6.94. The van der Waals surface area contributed by atoms with Gasteiger partial charge >= 0.3 is 21.2 Å². The molecule has 0 fully saturated rings. The van der Waals surface area contributed by atoms with Gasteiger partial charge in [-0.3, -0.25) is 0 Å². The van der Waals surface area contributed by atoms with Crippen molar-refractivity contribution in [1.82, 2.24) is 0 Å². The Kier molecular flexibility index (Phi) is 13.6. The molecule has 346 valence electrons. The minimum atomic E-state index is -7.22. The van der Waals surface area contributed by atoms with Crippen LogP contribution < -0.4 is 43.1 Å². The molecule has 1 aliphatic heterocycles. The van der Waals surface area contributed by atoms with Crippen LogP contribution in [-0.4, -0.2) is 6.15 Å². The minimum absolute atomic E-state index is 0.0190. The fraction of sp³-hybridized carbons (Fsp3) is 0.0909. The summed E-state index contributed by atoms with van der Waals surface area (Å²) in [6.07, 6.45) is -4.87. The van der Waals surface area contributed by atoms with Crippen LogP contribution in [0.5, 0.6) is 0 Å². The Morgan fingerprint density at radius 2 is 0.636 bits per heavy atom. The van der Waals surface area contributed by atoms with Crippen LogP contribution in [0.2, 0.25) is 0 Å². The summed E-state index contributed by atoms with van der Waals surface area (Å²) >= 11 is -0.0190. The number of allylic oxidation sites excluding steroid dienone is 3. The summed E-state index contributed by atoms with van der Waals surface area (Å²) in [5, 5.41) is 0. The molecule has 0 aliphatic carbocycles. The lowest BCUT2D eigenvalue weighted by molar-refractivity contribution is -0.538. The van der Waals surface area contributed by atoms with E-state index in [1.54, 1.807) is 3.58 Å². The lowest BCUT2D eigenvalue weighted by Gasteiger charge is -2.44. The van der Waals surface area contributed by atoms with E-state index in [0.717, 1.165) is 0 Å². The molecule has 0 atom stereocenters. The molecule has 0 aromatic heterocycles. The molecule has 0 nitrogen and oxygen atoms in total. The lowest BCUT2D eigenvalue weighted by atomic mass is 9.12. The van der Waals surface area contributed by atoms with Gasteiger partial charge in [-0.2, -0.15) is 0 Å². The highest BCUT2D eigenvalue weighted by Crippen LogP contribution is 2.35. The summed E-state index contributed by atoms with van der Waals surface area (Å²) < 4.78 is 298. The third-order valence-corrected chi connectivity index (χ3v) is 14.1. The highest BCUT2D eigenvalue weighted by atomic mass is 127. The van der Waals surface area contributed by atoms with Gasteiger partial charge in [0.1, 0.15) is 52.7 Å². The largest absolute Gasteiger partial charge is 0.346 e. The van der Waals surface area contributed by atoms with Gasteiger partial charge in [0.25, 0.3) is 0 Å². The van der Waals surface area contributed by atoms with Crippen molar-refractivity contribution >= 4 is 33.6 Å². The van der Waals surface area contributed by atoms with Crippen LogP contribution in [0, 0.1) is 123 Å². The quantitative estimate of drug-likeness (QED) is 0.0499. The van der Waals surface area contributed by atoms with Crippen molar-refractivity contribution in [3.63, 3.8) is 0 Å². The number of benzene rings is 6. The van der Waals surface area contributed by atoms with Gasteiger partial charge in [0.15, 0.2) is 77.5 Å². The monoisotopic (exact) mass is 1070 g/mol. The molecule has 0 saturated heterocycles. The number of aryl methyl sites for hydroxylation is 1. The zero-order chi connectivity index (χ0) is 49.2. The second-order valence-corrected chi connectivity index (χ2v) is 17.2. The average Bonchev–Trinajstić information content (AvgIpc) is 3.80. The summed E-state index contributed by atoms with van der Waals surface area (Å²) in [5.74, 6) is -71.4. The van der Waals surface area contributed by atoms with E-state index in [1.165, 1.54) is 22.3 Å². The first kappa shape index (κ1) is 49.6. The average molecular weight is 1070 g/mol. The molecule has 0 spiro atoms. The molecule has 6 aromatic rings. The van der Waals surface area contributed by atoms with Crippen molar-refractivity contribution < 1.29 is 109 Å². The lowest BCUT2D eigenvalue weighted by Crippen LogP contribution is -3.58. The molecule has 0 bridgehead atoms. The van der Waals surface area contributed by atoms with Crippen molar-refractivity contribution in [2.24, 2.45) is 0 Å². The highest BCUT2D eigenvalue weighted by molar-refractivity contribution is 7.20. The minimum Gasteiger partial charge on any atom is -0.207 e. The summed E-state index contributed by atoms with van der Waals surface area (Å²) in [6, 6.07) is 19.6. The third kappa shape index (κ3) is 7.51.